The summed E-state index contributed by atoms with van der Waals surface area (Å²) in [7, 11) is 0. The van der Waals surface area contributed by atoms with Gasteiger partial charge in [-0.1, -0.05) is 6.92 Å². The van der Waals surface area contributed by atoms with Crippen LogP contribution in [0.4, 0.5) is 17.6 Å². The summed E-state index contributed by atoms with van der Waals surface area (Å²) in [5, 5.41) is 8.40. The average molecular weight is 172 g/mol. The molecule has 0 heterocycles. The number of rotatable bonds is 1. The zero-order valence-electron chi connectivity index (χ0n) is 5.87. The minimum absolute atomic E-state index is 0.907. The van der Waals surface area contributed by atoms with E-state index in [2.05, 4.69) is 0 Å². The summed E-state index contributed by atoms with van der Waals surface area (Å²) in [6.07, 6.45) is -0.941. The predicted molar refractivity (Wildman–Crippen MR) is 29.7 cm³/mol. The van der Waals surface area contributed by atoms with Gasteiger partial charge in [-0.2, -0.15) is 17.6 Å². The molecule has 1 aliphatic rings. The third-order valence-electron chi connectivity index (χ3n) is 2.18. The Morgan fingerprint density at radius 3 is 1.82 bits per heavy atom. The van der Waals surface area contributed by atoms with Gasteiger partial charge in [-0.15, -0.1) is 0 Å². The Balaban J connectivity index is 2.84. The van der Waals surface area contributed by atoms with E-state index in [-0.39, 0.29) is 0 Å². The van der Waals surface area contributed by atoms with Gasteiger partial charge >= 0.3 is 11.8 Å². The molecule has 5 heteroatoms. The second kappa shape index (κ2) is 1.88. The monoisotopic (exact) mass is 172 g/mol. The van der Waals surface area contributed by atoms with Gasteiger partial charge in [-0.3, -0.25) is 0 Å². The van der Waals surface area contributed by atoms with Gasteiger partial charge in [0.1, 0.15) is 0 Å². The van der Waals surface area contributed by atoms with Gasteiger partial charge < -0.3 is 5.11 Å². The molecule has 0 radical (unpaired) electrons. The minimum Gasteiger partial charge on any atom is -0.396 e. The summed E-state index contributed by atoms with van der Waals surface area (Å²) in [5.41, 5.74) is -1.93. The standard InChI is InChI=1S/C6H8F4O/c1-4(3-11)2-5(7,8)6(4,9)10/h11H,2-3H2,1H3. The Morgan fingerprint density at radius 1 is 1.27 bits per heavy atom. The molecule has 1 atom stereocenters. The van der Waals surface area contributed by atoms with Crippen LogP contribution in [0, 0.1) is 5.41 Å². The molecular formula is C6H8F4O. The average Bonchev–Trinajstić information content (AvgIpc) is 1.86. The van der Waals surface area contributed by atoms with Crippen molar-refractivity contribution in [1.29, 1.82) is 0 Å². The van der Waals surface area contributed by atoms with E-state index in [1.165, 1.54) is 0 Å². The van der Waals surface area contributed by atoms with Crippen molar-refractivity contribution in [3.63, 3.8) is 0 Å². The maximum Gasteiger partial charge on any atom is 0.317 e. The van der Waals surface area contributed by atoms with Crippen LogP contribution in [0.2, 0.25) is 0 Å². The Kier molecular flexibility index (Phi) is 1.50. The number of aliphatic hydroxyl groups excluding tert-OH is 1. The zero-order chi connectivity index (χ0) is 8.91. The van der Waals surface area contributed by atoms with E-state index < -0.39 is 30.3 Å². The van der Waals surface area contributed by atoms with Gasteiger partial charge in [0.25, 0.3) is 0 Å². The Labute approximate surface area is 61.0 Å². The van der Waals surface area contributed by atoms with E-state index in [9.17, 15) is 17.6 Å². The maximum absolute atomic E-state index is 12.5. The molecule has 66 valence electrons. The van der Waals surface area contributed by atoms with Crippen LogP contribution < -0.4 is 0 Å². The largest absolute Gasteiger partial charge is 0.396 e. The van der Waals surface area contributed by atoms with Crippen LogP contribution in [0.3, 0.4) is 0 Å². The van der Waals surface area contributed by atoms with Gasteiger partial charge in [0.15, 0.2) is 0 Å². The topological polar surface area (TPSA) is 20.2 Å². The molecule has 1 saturated carbocycles. The van der Waals surface area contributed by atoms with Crippen molar-refractivity contribution >= 4 is 0 Å². The molecule has 0 aromatic heterocycles. The second-order valence-electron chi connectivity index (χ2n) is 3.17. The van der Waals surface area contributed by atoms with E-state index >= 15 is 0 Å². The number of aliphatic hydroxyl groups is 1. The summed E-state index contributed by atoms with van der Waals surface area (Å²) in [5.74, 6) is -8.00. The molecule has 0 aliphatic heterocycles. The lowest BCUT2D eigenvalue weighted by Crippen LogP contribution is -2.66. The molecule has 1 nitrogen and oxygen atoms in total. The molecule has 0 saturated heterocycles. The van der Waals surface area contributed by atoms with Crippen molar-refractivity contribution < 1.29 is 22.7 Å². The molecule has 1 aliphatic carbocycles. The van der Waals surface area contributed by atoms with Crippen molar-refractivity contribution in [3.8, 4) is 0 Å². The van der Waals surface area contributed by atoms with Crippen molar-refractivity contribution in [2.75, 3.05) is 6.61 Å². The van der Waals surface area contributed by atoms with Crippen LogP contribution in [-0.2, 0) is 0 Å². The van der Waals surface area contributed by atoms with Crippen molar-refractivity contribution in [2.45, 2.75) is 25.2 Å². The number of hydrogen-bond acceptors (Lipinski definition) is 1. The first-order valence-corrected chi connectivity index (χ1v) is 3.13. The van der Waals surface area contributed by atoms with E-state index in [0.717, 1.165) is 6.92 Å². The minimum atomic E-state index is -4.06. The molecule has 0 bridgehead atoms. The van der Waals surface area contributed by atoms with E-state index in [1.54, 1.807) is 0 Å². The van der Waals surface area contributed by atoms with Gasteiger partial charge in [0.2, 0.25) is 0 Å². The lowest BCUT2D eigenvalue weighted by Gasteiger charge is -2.51. The fraction of sp³-hybridized carbons (Fsp3) is 1.00. The summed E-state index contributed by atoms with van der Waals surface area (Å²) >= 11 is 0. The van der Waals surface area contributed by atoms with Crippen LogP contribution in [-0.4, -0.2) is 23.6 Å². The normalized spacial score (nSPS) is 39.8. The SMILES string of the molecule is CC1(CO)CC(F)(F)C1(F)F. The molecule has 0 aromatic carbocycles. The summed E-state index contributed by atoms with van der Waals surface area (Å²) < 4.78 is 49.2. The smallest absolute Gasteiger partial charge is 0.317 e. The quantitative estimate of drug-likeness (QED) is 0.596. The van der Waals surface area contributed by atoms with Crippen molar-refractivity contribution in [1.82, 2.24) is 0 Å². The highest BCUT2D eigenvalue weighted by Crippen LogP contribution is 2.62. The van der Waals surface area contributed by atoms with E-state index in [1.807, 2.05) is 0 Å². The predicted octanol–water partition coefficient (Wildman–Crippen LogP) is 1.66. The molecular weight excluding hydrogens is 164 g/mol. The van der Waals surface area contributed by atoms with Gasteiger partial charge in [0.05, 0.1) is 12.0 Å². The molecule has 1 fully saturated rings. The van der Waals surface area contributed by atoms with Crippen LogP contribution in [0.15, 0.2) is 0 Å². The maximum atomic E-state index is 12.5. The molecule has 1 rings (SSSR count). The molecule has 11 heavy (non-hydrogen) atoms. The summed E-state index contributed by atoms with van der Waals surface area (Å²) in [6, 6.07) is 0. The van der Waals surface area contributed by atoms with Crippen molar-refractivity contribution in [2.24, 2.45) is 5.41 Å². The zero-order valence-corrected chi connectivity index (χ0v) is 5.87. The third-order valence-corrected chi connectivity index (χ3v) is 2.18. The highest BCUT2D eigenvalue weighted by molar-refractivity contribution is 5.11. The molecule has 0 aromatic rings. The van der Waals surface area contributed by atoms with Crippen LogP contribution in [0.1, 0.15) is 13.3 Å². The Morgan fingerprint density at radius 2 is 1.73 bits per heavy atom. The number of alkyl halides is 4. The third kappa shape index (κ3) is 0.802. The second-order valence-corrected chi connectivity index (χ2v) is 3.17. The molecule has 1 unspecified atom stereocenters. The molecule has 0 spiro atoms. The fourth-order valence-electron chi connectivity index (χ4n) is 1.20. The first-order valence-electron chi connectivity index (χ1n) is 3.13. The first kappa shape index (κ1) is 8.77. The highest BCUT2D eigenvalue weighted by Gasteiger charge is 2.77. The van der Waals surface area contributed by atoms with Gasteiger partial charge in [-0.25, -0.2) is 0 Å². The Bertz CT molecular complexity index is 179. The van der Waals surface area contributed by atoms with Gasteiger partial charge in [0, 0.05) is 6.42 Å². The van der Waals surface area contributed by atoms with Crippen molar-refractivity contribution in [3.05, 3.63) is 0 Å². The fourth-order valence-corrected chi connectivity index (χ4v) is 1.20. The number of hydrogen-bond donors (Lipinski definition) is 1. The number of halogens is 4. The van der Waals surface area contributed by atoms with E-state index in [4.69, 9.17) is 5.11 Å². The van der Waals surface area contributed by atoms with Crippen LogP contribution in [0.25, 0.3) is 0 Å². The van der Waals surface area contributed by atoms with Crippen LogP contribution in [0.5, 0.6) is 0 Å². The van der Waals surface area contributed by atoms with Gasteiger partial charge in [-0.05, 0) is 0 Å². The van der Waals surface area contributed by atoms with Crippen LogP contribution >= 0.6 is 0 Å². The highest BCUT2D eigenvalue weighted by atomic mass is 19.3. The summed E-state index contributed by atoms with van der Waals surface area (Å²) in [6.45, 7) is 0.0417. The lowest BCUT2D eigenvalue weighted by atomic mass is 9.64. The first-order chi connectivity index (χ1) is 4.77. The lowest BCUT2D eigenvalue weighted by molar-refractivity contribution is -0.359. The summed E-state index contributed by atoms with van der Waals surface area (Å²) in [4.78, 5) is 0. The molecule has 0 amide bonds. The molecule has 1 N–H and O–H groups in total. The van der Waals surface area contributed by atoms with E-state index in [0.29, 0.717) is 0 Å². The Hall–Kier alpha value is -0.320.